The number of para-hydroxylation sites is 1. The first-order valence-corrected chi connectivity index (χ1v) is 6.77. The highest BCUT2D eigenvalue weighted by atomic mass is 16.5. The van der Waals surface area contributed by atoms with Crippen molar-refractivity contribution >= 4 is 17.3 Å². The van der Waals surface area contributed by atoms with E-state index in [1.165, 1.54) is 0 Å². The third-order valence-electron chi connectivity index (χ3n) is 2.94. The highest BCUT2D eigenvalue weighted by molar-refractivity contribution is 6.08. The lowest BCUT2D eigenvalue weighted by Gasteiger charge is -2.14. The van der Waals surface area contributed by atoms with Crippen LogP contribution in [0.5, 0.6) is 5.88 Å². The minimum atomic E-state index is -0.280. The fraction of sp³-hybridized carbons (Fsp3) is 0.250. The molecule has 0 radical (unpaired) electrons. The molecule has 2 rings (SSSR count). The van der Waals surface area contributed by atoms with E-state index >= 15 is 0 Å². The van der Waals surface area contributed by atoms with Gasteiger partial charge in [0.1, 0.15) is 5.69 Å². The Morgan fingerprint density at radius 3 is 2.76 bits per heavy atom. The maximum Gasteiger partial charge on any atom is 0.257 e. The number of pyridine rings is 1. The maximum absolute atomic E-state index is 12.4. The first-order chi connectivity index (χ1) is 9.99. The van der Waals surface area contributed by atoms with Crippen molar-refractivity contribution < 1.29 is 9.53 Å². The Morgan fingerprint density at radius 1 is 1.29 bits per heavy atom. The predicted molar refractivity (Wildman–Crippen MR) is 83.5 cm³/mol. The van der Waals surface area contributed by atoms with Gasteiger partial charge in [-0.15, -0.1) is 0 Å². The zero-order valence-electron chi connectivity index (χ0n) is 12.4. The van der Waals surface area contributed by atoms with Crippen molar-refractivity contribution in [1.29, 1.82) is 0 Å². The van der Waals surface area contributed by atoms with Crippen molar-refractivity contribution in [2.24, 2.45) is 0 Å². The number of benzene rings is 1. The molecule has 0 spiro atoms. The summed E-state index contributed by atoms with van der Waals surface area (Å²) < 4.78 is 5.58. The number of carbonyl (C=O) groups excluding carboxylic acids is 1. The number of nitrogen functional groups attached to an aromatic ring is 1. The molecular formula is C16H19N3O2. The number of nitrogens with one attached hydrogen (secondary N) is 1. The van der Waals surface area contributed by atoms with Crippen molar-refractivity contribution in [3.05, 3.63) is 47.7 Å². The summed E-state index contributed by atoms with van der Waals surface area (Å²) in [6, 6.07) is 8.84. The van der Waals surface area contributed by atoms with Crippen LogP contribution in [0.4, 0.5) is 11.4 Å². The molecule has 0 fully saturated rings. The van der Waals surface area contributed by atoms with Gasteiger partial charge in [-0.25, -0.2) is 4.98 Å². The van der Waals surface area contributed by atoms with Crippen LogP contribution in [0, 0.1) is 6.92 Å². The number of hydrogen-bond acceptors (Lipinski definition) is 4. The van der Waals surface area contributed by atoms with E-state index in [1.54, 1.807) is 30.5 Å². The minimum absolute atomic E-state index is 0.0282. The molecule has 5 nitrogen and oxygen atoms in total. The number of amides is 1. The zero-order chi connectivity index (χ0) is 15.4. The largest absolute Gasteiger partial charge is 0.473 e. The second-order valence-electron chi connectivity index (χ2n) is 5.01. The third-order valence-corrected chi connectivity index (χ3v) is 2.94. The van der Waals surface area contributed by atoms with Crippen LogP contribution in [0.1, 0.15) is 29.8 Å². The molecule has 3 N–H and O–H groups in total. The topological polar surface area (TPSA) is 77.2 Å². The Hall–Kier alpha value is -2.56. The molecule has 1 aromatic carbocycles. The first kappa shape index (κ1) is 14.8. The average molecular weight is 285 g/mol. The van der Waals surface area contributed by atoms with Gasteiger partial charge in [-0.05, 0) is 44.5 Å². The first-order valence-electron chi connectivity index (χ1n) is 6.77. The van der Waals surface area contributed by atoms with Crippen LogP contribution in [0.2, 0.25) is 0 Å². The molecule has 5 heteroatoms. The molecule has 1 heterocycles. The molecular weight excluding hydrogens is 266 g/mol. The standard InChI is InChI=1S/C16H19N3O2/c1-10(2)21-16-13(8-5-9-18-16)19-15(20)12-7-4-6-11(3)14(12)17/h4-10H,17H2,1-3H3,(H,19,20). The number of rotatable bonds is 4. The van der Waals surface area contributed by atoms with Gasteiger partial charge < -0.3 is 15.8 Å². The Morgan fingerprint density at radius 2 is 2.05 bits per heavy atom. The molecule has 0 unspecified atom stereocenters. The van der Waals surface area contributed by atoms with Crippen molar-refractivity contribution in [2.75, 3.05) is 11.1 Å². The molecule has 110 valence electrons. The van der Waals surface area contributed by atoms with Crippen LogP contribution in [0.25, 0.3) is 0 Å². The highest BCUT2D eigenvalue weighted by Crippen LogP contribution is 2.24. The van der Waals surface area contributed by atoms with E-state index in [0.717, 1.165) is 5.56 Å². The zero-order valence-corrected chi connectivity index (χ0v) is 12.4. The number of aryl methyl sites for hydroxylation is 1. The van der Waals surface area contributed by atoms with Gasteiger partial charge in [-0.2, -0.15) is 0 Å². The van der Waals surface area contributed by atoms with Gasteiger partial charge in [0.05, 0.1) is 11.7 Å². The molecule has 21 heavy (non-hydrogen) atoms. The number of anilines is 2. The second-order valence-corrected chi connectivity index (χ2v) is 5.01. The number of ether oxygens (including phenoxy) is 1. The van der Waals surface area contributed by atoms with Crippen LogP contribution in [0.15, 0.2) is 36.5 Å². The van der Waals surface area contributed by atoms with Gasteiger partial charge in [-0.1, -0.05) is 12.1 Å². The lowest BCUT2D eigenvalue weighted by Crippen LogP contribution is -2.16. The van der Waals surface area contributed by atoms with Crippen molar-refractivity contribution in [3.8, 4) is 5.88 Å². The average Bonchev–Trinajstić information content (AvgIpc) is 2.43. The fourth-order valence-electron chi connectivity index (χ4n) is 1.87. The third kappa shape index (κ3) is 3.51. The Kier molecular flexibility index (Phi) is 4.42. The molecule has 2 aromatic rings. The van der Waals surface area contributed by atoms with Crippen molar-refractivity contribution in [2.45, 2.75) is 26.9 Å². The number of nitrogens with zero attached hydrogens (tertiary/aromatic N) is 1. The Bertz CT molecular complexity index is 654. The van der Waals surface area contributed by atoms with Crippen molar-refractivity contribution in [1.82, 2.24) is 4.98 Å². The van der Waals surface area contributed by atoms with E-state index < -0.39 is 0 Å². The van der Waals surface area contributed by atoms with E-state index in [2.05, 4.69) is 10.3 Å². The van der Waals surface area contributed by atoms with Gasteiger partial charge in [0, 0.05) is 11.9 Å². The molecule has 0 aliphatic carbocycles. The van der Waals surface area contributed by atoms with Gasteiger partial charge in [-0.3, -0.25) is 4.79 Å². The molecule has 0 saturated heterocycles. The fourth-order valence-corrected chi connectivity index (χ4v) is 1.87. The number of hydrogen-bond donors (Lipinski definition) is 2. The summed E-state index contributed by atoms with van der Waals surface area (Å²) in [4.78, 5) is 16.5. The normalized spacial score (nSPS) is 10.5. The predicted octanol–water partition coefficient (Wildman–Crippen LogP) is 3.01. The quantitative estimate of drug-likeness (QED) is 0.846. The smallest absolute Gasteiger partial charge is 0.257 e. The van der Waals surface area contributed by atoms with Gasteiger partial charge in [0.15, 0.2) is 0 Å². The number of nitrogens with two attached hydrogens (primary N) is 1. The minimum Gasteiger partial charge on any atom is -0.473 e. The maximum atomic E-state index is 12.4. The van der Waals surface area contributed by atoms with E-state index in [4.69, 9.17) is 10.5 Å². The molecule has 1 amide bonds. The van der Waals surface area contributed by atoms with Crippen LogP contribution in [-0.4, -0.2) is 17.0 Å². The molecule has 0 bridgehead atoms. The molecule has 0 atom stereocenters. The van der Waals surface area contributed by atoms with Crippen LogP contribution < -0.4 is 15.8 Å². The van der Waals surface area contributed by atoms with Crippen LogP contribution >= 0.6 is 0 Å². The molecule has 0 aliphatic rings. The monoisotopic (exact) mass is 285 g/mol. The summed E-state index contributed by atoms with van der Waals surface area (Å²) in [6.07, 6.45) is 1.59. The SMILES string of the molecule is Cc1cccc(C(=O)Nc2cccnc2OC(C)C)c1N. The van der Waals surface area contributed by atoms with E-state index in [-0.39, 0.29) is 12.0 Å². The lowest BCUT2D eigenvalue weighted by molar-refractivity contribution is 0.102. The summed E-state index contributed by atoms with van der Waals surface area (Å²) in [5, 5.41) is 2.79. The van der Waals surface area contributed by atoms with E-state index in [9.17, 15) is 4.79 Å². The van der Waals surface area contributed by atoms with E-state index in [0.29, 0.717) is 22.8 Å². The number of aromatic nitrogens is 1. The molecule has 0 aliphatic heterocycles. The molecule has 0 saturated carbocycles. The Balaban J connectivity index is 2.26. The van der Waals surface area contributed by atoms with E-state index in [1.807, 2.05) is 26.8 Å². The summed E-state index contributed by atoms with van der Waals surface area (Å²) >= 11 is 0. The summed E-state index contributed by atoms with van der Waals surface area (Å²) in [7, 11) is 0. The second kappa shape index (κ2) is 6.26. The van der Waals surface area contributed by atoms with Crippen LogP contribution in [-0.2, 0) is 0 Å². The van der Waals surface area contributed by atoms with Gasteiger partial charge in [0.2, 0.25) is 5.88 Å². The number of carbonyl (C=O) groups is 1. The van der Waals surface area contributed by atoms with Gasteiger partial charge >= 0.3 is 0 Å². The summed E-state index contributed by atoms with van der Waals surface area (Å²) in [5.74, 6) is 0.116. The summed E-state index contributed by atoms with van der Waals surface area (Å²) in [6.45, 7) is 5.67. The lowest BCUT2D eigenvalue weighted by atomic mass is 10.1. The van der Waals surface area contributed by atoms with Gasteiger partial charge in [0.25, 0.3) is 5.91 Å². The van der Waals surface area contributed by atoms with Crippen molar-refractivity contribution in [3.63, 3.8) is 0 Å². The Labute approximate surface area is 124 Å². The van der Waals surface area contributed by atoms with Crippen LogP contribution in [0.3, 0.4) is 0 Å². The highest BCUT2D eigenvalue weighted by Gasteiger charge is 2.14. The molecule has 1 aromatic heterocycles. The summed E-state index contributed by atoms with van der Waals surface area (Å²) in [5.41, 5.74) is 8.26.